The zero-order chi connectivity index (χ0) is 10.6. The van der Waals surface area contributed by atoms with Crippen LogP contribution < -0.4 is 5.73 Å². The van der Waals surface area contributed by atoms with Crippen molar-refractivity contribution < 1.29 is 5.11 Å². The number of aromatic nitrogens is 1. The van der Waals surface area contributed by atoms with Gasteiger partial charge in [0.05, 0.1) is 0 Å². The summed E-state index contributed by atoms with van der Waals surface area (Å²) in [6.45, 7) is 4.10. The van der Waals surface area contributed by atoms with Gasteiger partial charge >= 0.3 is 0 Å². The molecule has 0 aliphatic carbocycles. The Morgan fingerprint density at radius 3 is 2.71 bits per heavy atom. The quantitative estimate of drug-likeness (QED) is 0.759. The van der Waals surface area contributed by atoms with Gasteiger partial charge in [-0.25, -0.2) is 0 Å². The van der Waals surface area contributed by atoms with Crippen molar-refractivity contribution in [3.63, 3.8) is 0 Å². The molecule has 1 aromatic heterocycles. The van der Waals surface area contributed by atoms with E-state index in [2.05, 4.69) is 4.98 Å². The summed E-state index contributed by atoms with van der Waals surface area (Å²) in [4.78, 5) is 4.06. The molecule has 78 valence electrons. The summed E-state index contributed by atoms with van der Waals surface area (Å²) in [5, 5.41) is 8.99. The maximum atomic E-state index is 8.99. The van der Waals surface area contributed by atoms with Crippen LogP contribution in [0.25, 0.3) is 0 Å². The second-order valence-corrected chi connectivity index (χ2v) is 4.17. The lowest BCUT2D eigenvalue weighted by atomic mass is 9.81. The molecule has 3 heteroatoms. The number of nitrogens with two attached hydrogens (primary N) is 1. The molecule has 1 rings (SSSR count). The number of rotatable bonds is 4. The van der Waals surface area contributed by atoms with Crippen molar-refractivity contribution in [1.82, 2.24) is 4.98 Å². The molecular formula is C11H18N2O. The summed E-state index contributed by atoms with van der Waals surface area (Å²) in [5.41, 5.74) is 6.82. The van der Waals surface area contributed by atoms with E-state index in [9.17, 15) is 0 Å². The van der Waals surface area contributed by atoms with Gasteiger partial charge in [0.2, 0.25) is 0 Å². The van der Waals surface area contributed by atoms with Crippen molar-refractivity contribution >= 4 is 0 Å². The molecule has 3 nitrogen and oxygen atoms in total. The van der Waals surface area contributed by atoms with Crippen molar-refractivity contribution in [2.75, 3.05) is 6.61 Å². The molecule has 0 fully saturated rings. The van der Waals surface area contributed by atoms with E-state index in [0.29, 0.717) is 6.42 Å². The first kappa shape index (κ1) is 11.1. The topological polar surface area (TPSA) is 59.1 Å². The fourth-order valence-electron chi connectivity index (χ4n) is 1.68. The summed E-state index contributed by atoms with van der Waals surface area (Å²) >= 11 is 0. The Morgan fingerprint density at radius 2 is 2.29 bits per heavy atom. The number of nitrogens with zero attached hydrogens (tertiary/aromatic N) is 1. The van der Waals surface area contributed by atoms with Crippen LogP contribution in [0.15, 0.2) is 24.5 Å². The first-order valence-electron chi connectivity index (χ1n) is 4.85. The number of pyridine rings is 1. The van der Waals surface area contributed by atoms with Crippen molar-refractivity contribution in [2.45, 2.75) is 31.7 Å². The van der Waals surface area contributed by atoms with Crippen LogP contribution in [0.1, 0.15) is 31.7 Å². The Labute approximate surface area is 85.0 Å². The van der Waals surface area contributed by atoms with Crippen LogP contribution >= 0.6 is 0 Å². The van der Waals surface area contributed by atoms with Crippen molar-refractivity contribution in [3.8, 4) is 0 Å². The van der Waals surface area contributed by atoms with Crippen molar-refractivity contribution in [2.24, 2.45) is 5.73 Å². The monoisotopic (exact) mass is 194 g/mol. The molecule has 0 radical (unpaired) electrons. The number of hydrogen-bond acceptors (Lipinski definition) is 3. The molecule has 1 atom stereocenters. The van der Waals surface area contributed by atoms with Gasteiger partial charge in [0, 0.05) is 30.5 Å². The maximum Gasteiger partial charge on any atom is 0.0437 e. The predicted molar refractivity (Wildman–Crippen MR) is 56.9 cm³/mol. The fraction of sp³-hybridized carbons (Fsp3) is 0.545. The van der Waals surface area contributed by atoms with Crippen LogP contribution in [0.5, 0.6) is 0 Å². The standard InChI is InChI=1S/C11H18N2O/c1-11(2,12)10(5-7-14)9-4-3-6-13-8-9/h3-4,6,8,10,14H,5,7,12H2,1-2H3. The van der Waals surface area contributed by atoms with Crippen molar-refractivity contribution in [1.29, 1.82) is 0 Å². The number of hydrogen-bond donors (Lipinski definition) is 2. The summed E-state index contributed by atoms with van der Waals surface area (Å²) in [6, 6.07) is 3.90. The zero-order valence-corrected chi connectivity index (χ0v) is 8.77. The van der Waals surface area contributed by atoms with E-state index >= 15 is 0 Å². The minimum Gasteiger partial charge on any atom is -0.396 e. The van der Waals surface area contributed by atoms with Crippen LogP contribution in [0, 0.1) is 0 Å². The first-order valence-corrected chi connectivity index (χ1v) is 4.85. The molecule has 3 N–H and O–H groups in total. The zero-order valence-electron chi connectivity index (χ0n) is 8.77. The lowest BCUT2D eigenvalue weighted by molar-refractivity contribution is 0.250. The van der Waals surface area contributed by atoms with E-state index in [0.717, 1.165) is 5.56 Å². The fourth-order valence-corrected chi connectivity index (χ4v) is 1.68. The SMILES string of the molecule is CC(C)(N)C(CCO)c1cccnc1. The van der Waals surface area contributed by atoms with Crippen LogP contribution in [0.4, 0.5) is 0 Å². The Bertz CT molecular complexity index is 266. The summed E-state index contributed by atoms with van der Waals surface area (Å²) in [5.74, 6) is 0.154. The van der Waals surface area contributed by atoms with Gasteiger partial charge < -0.3 is 10.8 Å². The lowest BCUT2D eigenvalue weighted by Gasteiger charge is -2.30. The summed E-state index contributed by atoms with van der Waals surface area (Å²) in [7, 11) is 0. The molecule has 0 aliphatic heterocycles. The molecule has 0 bridgehead atoms. The predicted octanol–water partition coefficient (Wildman–Crippen LogP) is 1.28. The molecule has 0 spiro atoms. The van der Waals surface area contributed by atoms with E-state index in [1.807, 2.05) is 32.2 Å². The van der Waals surface area contributed by atoms with Gasteiger partial charge in [0.1, 0.15) is 0 Å². The molecule has 0 amide bonds. The van der Waals surface area contributed by atoms with Gasteiger partial charge in [0.25, 0.3) is 0 Å². The molecule has 1 unspecified atom stereocenters. The Hall–Kier alpha value is -0.930. The molecule has 1 heterocycles. The first-order chi connectivity index (χ1) is 6.55. The Kier molecular flexibility index (Phi) is 3.61. The third-order valence-corrected chi connectivity index (χ3v) is 2.40. The Morgan fingerprint density at radius 1 is 1.57 bits per heavy atom. The number of aliphatic hydroxyl groups is 1. The van der Waals surface area contributed by atoms with Gasteiger partial charge in [-0.3, -0.25) is 4.98 Å². The van der Waals surface area contributed by atoms with Gasteiger partial charge in [-0.2, -0.15) is 0 Å². The minimum atomic E-state index is -0.328. The van der Waals surface area contributed by atoms with E-state index in [4.69, 9.17) is 10.8 Å². The molecular weight excluding hydrogens is 176 g/mol. The molecule has 0 aromatic carbocycles. The van der Waals surface area contributed by atoms with Gasteiger partial charge in [-0.15, -0.1) is 0 Å². The smallest absolute Gasteiger partial charge is 0.0437 e. The average Bonchev–Trinajstić information content (AvgIpc) is 2.14. The van der Waals surface area contributed by atoms with Crippen LogP contribution in [0.3, 0.4) is 0 Å². The van der Waals surface area contributed by atoms with E-state index in [1.165, 1.54) is 0 Å². The third-order valence-electron chi connectivity index (χ3n) is 2.40. The normalized spacial score (nSPS) is 14.0. The van der Waals surface area contributed by atoms with E-state index in [1.54, 1.807) is 6.20 Å². The summed E-state index contributed by atoms with van der Waals surface area (Å²) in [6.07, 6.45) is 4.23. The lowest BCUT2D eigenvalue weighted by Crippen LogP contribution is -2.39. The molecule has 14 heavy (non-hydrogen) atoms. The van der Waals surface area contributed by atoms with Crippen LogP contribution in [0.2, 0.25) is 0 Å². The number of aliphatic hydroxyl groups excluding tert-OH is 1. The van der Waals surface area contributed by atoms with Crippen molar-refractivity contribution in [3.05, 3.63) is 30.1 Å². The van der Waals surface area contributed by atoms with Crippen LogP contribution in [-0.2, 0) is 0 Å². The third kappa shape index (κ3) is 2.79. The molecule has 0 aliphatic rings. The average molecular weight is 194 g/mol. The molecule has 0 saturated carbocycles. The highest BCUT2D eigenvalue weighted by Gasteiger charge is 2.26. The Balaban J connectivity index is 2.89. The van der Waals surface area contributed by atoms with E-state index < -0.39 is 0 Å². The maximum absolute atomic E-state index is 8.99. The highest BCUT2D eigenvalue weighted by molar-refractivity contribution is 5.19. The second-order valence-electron chi connectivity index (χ2n) is 4.17. The molecule has 1 aromatic rings. The highest BCUT2D eigenvalue weighted by Crippen LogP contribution is 2.28. The molecule has 0 saturated heterocycles. The highest BCUT2D eigenvalue weighted by atomic mass is 16.3. The van der Waals surface area contributed by atoms with Gasteiger partial charge in [-0.1, -0.05) is 6.07 Å². The van der Waals surface area contributed by atoms with E-state index in [-0.39, 0.29) is 18.1 Å². The van der Waals surface area contributed by atoms with Gasteiger partial charge in [-0.05, 0) is 31.9 Å². The summed E-state index contributed by atoms with van der Waals surface area (Å²) < 4.78 is 0. The largest absolute Gasteiger partial charge is 0.396 e. The van der Waals surface area contributed by atoms with Crippen LogP contribution in [-0.4, -0.2) is 22.2 Å². The second kappa shape index (κ2) is 4.53. The minimum absolute atomic E-state index is 0.153. The van der Waals surface area contributed by atoms with Gasteiger partial charge in [0.15, 0.2) is 0 Å².